The largest absolute Gasteiger partial charge is 0.481 e. The molecule has 3 aromatic rings. The molecule has 2 aromatic heterocycles. The highest BCUT2D eigenvalue weighted by Crippen LogP contribution is 2.60. The summed E-state index contributed by atoms with van der Waals surface area (Å²) in [5.74, 6) is 0.292. The van der Waals surface area contributed by atoms with Crippen LogP contribution in [0.25, 0.3) is 22.6 Å². The Hall–Kier alpha value is -2.45. The Bertz CT molecular complexity index is 1510. The van der Waals surface area contributed by atoms with Crippen molar-refractivity contribution in [2.45, 2.75) is 49.1 Å². The fourth-order valence-electron chi connectivity index (χ4n) is 4.42. The molecule has 0 bridgehead atoms. The summed E-state index contributed by atoms with van der Waals surface area (Å²) in [5.41, 5.74) is 6.88. The SMILES string of the molecule is Nc1ncnc2c1nc(-c1ccccc1)n2[C@@H]1O[C@H](COP(=O)(O)OP(=O)(O)OC[C@H]2O[C@@H](O)[C@H](O)[C@@H]2O)[C@@H](O)[C@H]1O. The predicted molar refractivity (Wildman–Crippen MR) is 137 cm³/mol. The second kappa shape index (κ2) is 11.9. The summed E-state index contributed by atoms with van der Waals surface area (Å²) in [6.07, 6.45) is -11.6. The molecule has 0 radical (unpaired) electrons. The van der Waals surface area contributed by atoms with Crippen LogP contribution in [0.5, 0.6) is 0 Å². The third-order valence-electron chi connectivity index (χ3n) is 6.48. The monoisotopic (exact) mass is 635 g/mol. The highest BCUT2D eigenvalue weighted by molar-refractivity contribution is 7.61. The number of phosphoric acid groups is 2. The summed E-state index contributed by atoms with van der Waals surface area (Å²) in [7, 11) is -10.7. The third-order valence-corrected chi connectivity index (χ3v) is 9.08. The Labute approximate surface area is 235 Å². The number of nitrogens with two attached hydrogens (primary N) is 1. The molecule has 21 heteroatoms. The van der Waals surface area contributed by atoms with Crippen molar-refractivity contribution in [2.75, 3.05) is 18.9 Å². The van der Waals surface area contributed by atoms with Crippen LogP contribution in [-0.4, -0.2) is 111 Å². The molecule has 1 aromatic carbocycles. The Kier molecular flexibility index (Phi) is 8.79. The Morgan fingerprint density at radius 3 is 2.05 bits per heavy atom. The van der Waals surface area contributed by atoms with Gasteiger partial charge in [0.15, 0.2) is 29.5 Å². The number of nitrogens with zero attached hydrogens (tertiary/aromatic N) is 4. The lowest BCUT2D eigenvalue weighted by molar-refractivity contribution is -0.132. The zero-order chi connectivity index (χ0) is 30.4. The number of anilines is 1. The summed E-state index contributed by atoms with van der Waals surface area (Å²) in [6, 6.07) is 8.69. The zero-order valence-electron chi connectivity index (χ0n) is 21.2. The van der Waals surface area contributed by atoms with Gasteiger partial charge in [-0.2, -0.15) is 4.31 Å². The summed E-state index contributed by atoms with van der Waals surface area (Å²) in [6.45, 7) is -1.83. The quantitative estimate of drug-likeness (QED) is 0.116. The van der Waals surface area contributed by atoms with Crippen molar-refractivity contribution < 1.29 is 67.3 Å². The molecule has 2 aliphatic heterocycles. The van der Waals surface area contributed by atoms with Gasteiger partial charge in [-0.05, 0) is 0 Å². The van der Waals surface area contributed by atoms with E-state index in [0.717, 1.165) is 0 Å². The maximum atomic E-state index is 12.4. The predicted octanol–water partition coefficient (Wildman–Crippen LogP) is -1.62. The van der Waals surface area contributed by atoms with Crippen LogP contribution < -0.4 is 5.73 Å². The highest BCUT2D eigenvalue weighted by atomic mass is 31.3. The van der Waals surface area contributed by atoms with Gasteiger partial charge in [-0.1, -0.05) is 30.3 Å². The first-order valence-electron chi connectivity index (χ1n) is 12.2. The minimum atomic E-state index is -5.37. The first kappa shape index (κ1) is 31.0. The molecular weight excluding hydrogens is 608 g/mol. The summed E-state index contributed by atoms with van der Waals surface area (Å²) in [5, 5.41) is 50.1. The fourth-order valence-corrected chi connectivity index (χ4v) is 6.51. The van der Waals surface area contributed by atoms with Crippen molar-refractivity contribution in [3.63, 3.8) is 0 Å². The van der Waals surface area contributed by atoms with E-state index in [0.29, 0.717) is 5.56 Å². The number of imidazole rings is 1. The average molecular weight is 635 g/mol. The Morgan fingerprint density at radius 2 is 1.45 bits per heavy atom. The van der Waals surface area contributed by atoms with Crippen LogP contribution in [0, 0.1) is 0 Å². The van der Waals surface area contributed by atoms with Crippen molar-refractivity contribution in [1.82, 2.24) is 19.5 Å². The second-order valence-corrected chi connectivity index (χ2v) is 12.3. The van der Waals surface area contributed by atoms with E-state index in [1.165, 1.54) is 10.9 Å². The molecule has 2 unspecified atom stereocenters. The van der Waals surface area contributed by atoms with E-state index in [1.54, 1.807) is 30.3 Å². The van der Waals surface area contributed by atoms with E-state index in [4.69, 9.17) is 19.7 Å². The molecular formula is C21H27N5O14P2. The molecule has 0 amide bonds. The van der Waals surface area contributed by atoms with Crippen molar-refractivity contribution >= 4 is 32.6 Å². The van der Waals surface area contributed by atoms with Gasteiger partial charge < -0.3 is 50.5 Å². The van der Waals surface area contributed by atoms with Crippen LogP contribution in [0.4, 0.5) is 5.82 Å². The maximum absolute atomic E-state index is 12.4. The van der Waals surface area contributed by atoms with Crippen molar-refractivity contribution in [2.24, 2.45) is 0 Å². The number of fused-ring (bicyclic) bond motifs is 1. The van der Waals surface area contributed by atoms with Crippen LogP contribution in [0.3, 0.4) is 0 Å². The van der Waals surface area contributed by atoms with Crippen molar-refractivity contribution in [3.05, 3.63) is 36.7 Å². The molecule has 10 atom stereocenters. The lowest BCUT2D eigenvalue weighted by atomic mass is 10.1. The van der Waals surface area contributed by atoms with E-state index in [-0.39, 0.29) is 22.8 Å². The summed E-state index contributed by atoms with van der Waals surface area (Å²) >= 11 is 0. The molecule has 2 saturated heterocycles. The Balaban J connectivity index is 1.28. The van der Waals surface area contributed by atoms with Crippen molar-refractivity contribution in [1.29, 1.82) is 0 Å². The number of rotatable bonds is 10. The van der Waals surface area contributed by atoms with Crippen LogP contribution >= 0.6 is 15.6 Å². The normalized spacial score (nSPS) is 32.6. The van der Waals surface area contributed by atoms with Gasteiger partial charge in [-0.15, -0.1) is 0 Å². The van der Waals surface area contributed by atoms with Gasteiger partial charge in [0, 0.05) is 5.56 Å². The van der Waals surface area contributed by atoms with E-state index in [1.807, 2.05) is 0 Å². The number of hydrogen-bond donors (Lipinski definition) is 8. The number of ether oxygens (including phenoxy) is 2. The molecule has 0 saturated carbocycles. The van der Waals surface area contributed by atoms with Gasteiger partial charge >= 0.3 is 15.6 Å². The fraction of sp³-hybridized carbons (Fsp3) is 0.476. The molecule has 19 nitrogen and oxygen atoms in total. The molecule has 42 heavy (non-hydrogen) atoms. The summed E-state index contributed by atoms with van der Waals surface area (Å²) in [4.78, 5) is 32.4. The van der Waals surface area contributed by atoms with Gasteiger partial charge in [0.05, 0.1) is 13.2 Å². The van der Waals surface area contributed by atoms with Crippen LogP contribution in [0.1, 0.15) is 6.23 Å². The van der Waals surface area contributed by atoms with Gasteiger partial charge in [-0.25, -0.2) is 24.1 Å². The third kappa shape index (κ3) is 6.26. The summed E-state index contributed by atoms with van der Waals surface area (Å²) < 4.78 is 49.9. The van der Waals surface area contributed by atoms with Crippen LogP contribution in [0.2, 0.25) is 0 Å². The van der Waals surface area contributed by atoms with E-state index in [9.17, 15) is 44.4 Å². The molecule has 230 valence electrons. The Morgan fingerprint density at radius 1 is 0.857 bits per heavy atom. The second-order valence-electron chi connectivity index (χ2n) is 9.31. The number of aliphatic hydroxyl groups excluding tert-OH is 5. The topological polar surface area (TPSA) is 292 Å². The molecule has 5 rings (SSSR count). The molecule has 2 aliphatic rings. The lowest BCUT2D eigenvalue weighted by Crippen LogP contribution is -2.34. The lowest BCUT2D eigenvalue weighted by Gasteiger charge is -2.21. The average Bonchev–Trinajstić information content (AvgIpc) is 3.54. The standard InChI is InChI=1S/C21H27N5O14P2/c22-17-12-19(24-8-23-17)26(18(25-12)9-4-2-1-3-5-9)20-15(29)13(27)10(38-20)6-36-41(32,33)40-42(34,35)37-7-11-14(28)16(30)21(31)39-11/h1-5,8,10-11,13-16,20-21,27-31H,6-7H2,(H,32,33)(H,34,35)(H2,22,23,24)/t10-,11-,13-,14-,15-,16-,20-,21-/m1/s1. The molecule has 0 aliphatic carbocycles. The smallest absolute Gasteiger partial charge is 0.387 e. The van der Waals surface area contributed by atoms with E-state index < -0.39 is 78.0 Å². The number of nitrogen functional groups attached to an aromatic ring is 1. The number of hydrogen-bond acceptors (Lipinski definition) is 16. The van der Waals surface area contributed by atoms with Gasteiger partial charge in [0.1, 0.15) is 48.8 Å². The molecule has 9 N–H and O–H groups in total. The number of aromatic nitrogens is 4. The zero-order valence-corrected chi connectivity index (χ0v) is 23.0. The molecule has 4 heterocycles. The van der Waals surface area contributed by atoms with Crippen LogP contribution in [-0.2, 0) is 32.0 Å². The van der Waals surface area contributed by atoms with E-state index >= 15 is 0 Å². The number of benzene rings is 1. The van der Waals surface area contributed by atoms with Gasteiger partial charge in [0.25, 0.3) is 0 Å². The molecule has 0 spiro atoms. The first-order valence-corrected chi connectivity index (χ1v) is 15.2. The van der Waals surface area contributed by atoms with Crippen LogP contribution in [0.15, 0.2) is 36.7 Å². The maximum Gasteiger partial charge on any atom is 0.481 e. The number of aliphatic hydroxyl groups is 5. The minimum Gasteiger partial charge on any atom is -0.387 e. The van der Waals surface area contributed by atoms with Gasteiger partial charge in [-0.3, -0.25) is 13.6 Å². The number of phosphoric ester groups is 2. The minimum absolute atomic E-state index is 0.0410. The molecule has 2 fully saturated rings. The highest BCUT2D eigenvalue weighted by Gasteiger charge is 2.48. The van der Waals surface area contributed by atoms with E-state index in [2.05, 4.69) is 23.8 Å². The van der Waals surface area contributed by atoms with Gasteiger partial charge in [0.2, 0.25) is 0 Å². The van der Waals surface area contributed by atoms with Crippen molar-refractivity contribution in [3.8, 4) is 11.4 Å². The first-order chi connectivity index (χ1) is 19.8.